The van der Waals surface area contributed by atoms with Crippen LogP contribution in [0.5, 0.6) is 0 Å². The number of aliphatic hydroxyl groups is 3. The Kier molecular flexibility index (Phi) is 11.4. The number of aromatic nitrogens is 1. The zero-order chi connectivity index (χ0) is 25.3. The topological polar surface area (TPSA) is 203 Å². The Labute approximate surface area is 202 Å². The number of carboxylic acids is 2. The maximum absolute atomic E-state index is 11.1. The summed E-state index contributed by atoms with van der Waals surface area (Å²) in [6.45, 7) is 6.77. The van der Waals surface area contributed by atoms with Gasteiger partial charge >= 0.3 is 11.9 Å². The van der Waals surface area contributed by atoms with E-state index in [1.807, 2.05) is 11.4 Å². The lowest BCUT2D eigenvalue weighted by Gasteiger charge is -2.22. The Hall–Kier alpha value is -2.07. The number of carboxylic acid groups (broad SMARTS) is 2. The molecule has 2 aromatic heterocycles. The van der Waals surface area contributed by atoms with Gasteiger partial charge in [-0.2, -0.15) is 0 Å². The SMILES string of the molecule is CC(C)(C)NC[C@H](O)CSc1nc(-c2ccc(C(N)=O)s2)cs1.O=C(O)C(O)C(O)C(=O)O. The predicted octanol–water partition coefficient (Wildman–Crippen LogP) is 0.689. The minimum absolute atomic E-state index is 0.00268. The highest BCUT2D eigenvalue weighted by Gasteiger charge is 2.29. The molecule has 0 fully saturated rings. The quantitative estimate of drug-likeness (QED) is 0.217. The highest BCUT2D eigenvalue weighted by Crippen LogP contribution is 2.32. The van der Waals surface area contributed by atoms with Crippen molar-refractivity contribution in [2.24, 2.45) is 5.73 Å². The lowest BCUT2D eigenvalue weighted by molar-refractivity contribution is -0.165. The predicted molar refractivity (Wildman–Crippen MR) is 126 cm³/mol. The zero-order valence-corrected chi connectivity index (χ0v) is 20.5. The van der Waals surface area contributed by atoms with Crippen LogP contribution >= 0.6 is 34.4 Å². The maximum atomic E-state index is 11.1. The number of thiazole rings is 1. The Balaban J connectivity index is 0.000000461. The maximum Gasteiger partial charge on any atom is 0.335 e. The van der Waals surface area contributed by atoms with Gasteiger partial charge in [0.05, 0.1) is 21.6 Å². The normalized spacial score (nSPS) is 14.0. The Bertz CT molecular complexity index is 923. The second kappa shape index (κ2) is 13.0. The number of hydrogen-bond acceptors (Lipinski definition) is 11. The van der Waals surface area contributed by atoms with E-state index in [1.54, 1.807) is 6.07 Å². The summed E-state index contributed by atoms with van der Waals surface area (Å²) in [5, 5.41) is 47.8. The summed E-state index contributed by atoms with van der Waals surface area (Å²) in [6, 6.07) is 3.58. The van der Waals surface area contributed by atoms with Crippen LogP contribution < -0.4 is 11.1 Å². The second-order valence-electron chi connectivity index (χ2n) is 7.69. The van der Waals surface area contributed by atoms with Crippen LogP contribution in [0.1, 0.15) is 30.4 Å². The largest absolute Gasteiger partial charge is 0.479 e. The van der Waals surface area contributed by atoms with Gasteiger partial charge in [0, 0.05) is 23.2 Å². The molecule has 0 spiro atoms. The van der Waals surface area contributed by atoms with Crippen LogP contribution in [-0.4, -0.2) is 84.5 Å². The number of nitrogens with one attached hydrogen (secondary N) is 1. The van der Waals surface area contributed by atoms with Gasteiger partial charge in [0.2, 0.25) is 0 Å². The zero-order valence-electron chi connectivity index (χ0n) is 18.1. The third-order valence-electron chi connectivity index (χ3n) is 3.66. The van der Waals surface area contributed by atoms with E-state index < -0.39 is 36.2 Å². The van der Waals surface area contributed by atoms with E-state index in [1.165, 1.54) is 34.4 Å². The van der Waals surface area contributed by atoms with E-state index in [0.29, 0.717) is 17.2 Å². The van der Waals surface area contributed by atoms with Crippen LogP contribution in [0.15, 0.2) is 21.9 Å². The van der Waals surface area contributed by atoms with Crippen molar-refractivity contribution in [3.8, 4) is 10.6 Å². The first kappa shape index (κ1) is 29.0. The average molecular weight is 522 g/mol. The van der Waals surface area contributed by atoms with Gasteiger partial charge in [-0.3, -0.25) is 4.79 Å². The summed E-state index contributed by atoms with van der Waals surface area (Å²) in [5.41, 5.74) is 6.11. The first-order chi connectivity index (χ1) is 15.2. The molecule has 33 heavy (non-hydrogen) atoms. The number of nitrogens with two attached hydrogens (primary N) is 1. The van der Waals surface area contributed by atoms with Crippen molar-refractivity contribution in [3.63, 3.8) is 0 Å². The fourth-order valence-corrected chi connectivity index (χ4v) is 4.64. The number of thioether (sulfide) groups is 1. The summed E-state index contributed by atoms with van der Waals surface area (Å²) >= 11 is 4.42. The molecule has 0 aliphatic heterocycles. The summed E-state index contributed by atoms with van der Waals surface area (Å²) in [7, 11) is 0. The minimum Gasteiger partial charge on any atom is -0.479 e. The number of β-amino-alcohol motifs (C(OH)–C–C–N with tert-alkyl or cyclic N) is 1. The van der Waals surface area contributed by atoms with Gasteiger partial charge in [-0.1, -0.05) is 11.8 Å². The molecule has 14 heteroatoms. The third kappa shape index (κ3) is 10.6. The number of hydrogen-bond donors (Lipinski definition) is 7. The number of aliphatic hydroxyl groups excluding tert-OH is 3. The molecular weight excluding hydrogens is 494 g/mol. The molecule has 2 unspecified atom stereocenters. The lowest BCUT2D eigenvalue weighted by atomic mass is 10.1. The fraction of sp³-hybridized carbons (Fsp3) is 0.474. The molecule has 2 rings (SSSR count). The highest BCUT2D eigenvalue weighted by atomic mass is 32.2. The van der Waals surface area contributed by atoms with Gasteiger partial charge in [0.25, 0.3) is 5.91 Å². The van der Waals surface area contributed by atoms with E-state index in [4.69, 9.17) is 26.2 Å². The van der Waals surface area contributed by atoms with Crippen molar-refractivity contribution in [1.82, 2.24) is 10.3 Å². The Morgan fingerprint density at radius 2 is 1.70 bits per heavy atom. The van der Waals surface area contributed by atoms with Gasteiger partial charge in [-0.15, -0.1) is 22.7 Å². The Morgan fingerprint density at radius 3 is 2.15 bits per heavy atom. The van der Waals surface area contributed by atoms with Crippen molar-refractivity contribution < 1.29 is 39.9 Å². The standard InChI is InChI=1S/C15H21N3O2S3.C4H6O6/c1-15(2,3)17-6-9(19)7-21-14-18-10(8-22-14)11-4-5-12(23-11)13(16)20;5-1(3(7)8)2(6)4(9)10/h4-5,8-9,17,19H,6-7H2,1-3H3,(H2,16,20);1-2,5-6H,(H,7,8)(H,9,10)/t9-;/m0./s1. The third-order valence-corrected chi connectivity index (χ3v) is 6.94. The van der Waals surface area contributed by atoms with E-state index >= 15 is 0 Å². The molecule has 0 bridgehead atoms. The molecule has 2 heterocycles. The molecule has 8 N–H and O–H groups in total. The highest BCUT2D eigenvalue weighted by molar-refractivity contribution is 8.01. The number of rotatable bonds is 10. The van der Waals surface area contributed by atoms with Crippen molar-refractivity contribution >= 4 is 52.3 Å². The van der Waals surface area contributed by atoms with Gasteiger partial charge in [0.1, 0.15) is 0 Å². The number of thiophene rings is 1. The van der Waals surface area contributed by atoms with Crippen LogP contribution in [0.2, 0.25) is 0 Å². The van der Waals surface area contributed by atoms with E-state index in [-0.39, 0.29) is 5.54 Å². The van der Waals surface area contributed by atoms with Crippen LogP contribution in [0.4, 0.5) is 0 Å². The van der Waals surface area contributed by atoms with Crippen LogP contribution in [-0.2, 0) is 9.59 Å². The van der Waals surface area contributed by atoms with Crippen LogP contribution in [0, 0.1) is 0 Å². The van der Waals surface area contributed by atoms with Crippen molar-refractivity contribution in [2.75, 3.05) is 12.3 Å². The number of primary amides is 1. The summed E-state index contributed by atoms with van der Waals surface area (Å²) in [5.74, 6) is -3.36. The van der Waals surface area contributed by atoms with Gasteiger partial charge in [0.15, 0.2) is 16.5 Å². The molecule has 3 atom stereocenters. The van der Waals surface area contributed by atoms with Gasteiger partial charge < -0.3 is 36.6 Å². The Morgan fingerprint density at radius 1 is 1.12 bits per heavy atom. The van der Waals surface area contributed by atoms with Crippen molar-refractivity contribution in [2.45, 2.75) is 49.0 Å². The molecule has 11 nitrogen and oxygen atoms in total. The molecule has 0 aliphatic carbocycles. The van der Waals surface area contributed by atoms with Crippen molar-refractivity contribution in [1.29, 1.82) is 0 Å². The summed E-state index contributed by atoms with van der Waals surface area (Å²) < 4.78 is 0.906. The van der Waals surface area contributed by atoms with E-state index in [9.17, 15) is 19.5 Å². The number of nitrogens with zero attached hydrogens (tertiary/aromatic N) is 1. The summed E-state index contributed by atoms with van der Waals surface area (Å²) in [4.78, 5) is 36.7. The second-order valence-corrected chi connectivity index (χ2v) is 10.9. The van der Waals surface area contributed by atoms with Crippen LogP contribution in [0.3, 0.4) is 0 Å². The smallest absolute Gasteiger partial charge is 0.335 e. The summed E-state index contributed by atoms with van der Waals surface area (Å²) in [6.07, 6.45) is -4.95. The van der Waals surface area contributed by atoms with Crippen molar-refractivity contribution in [3.05, 3.63) is 22.4 Å². The number of carbonyl (C=O) groups is 3. The number of aliphatic carboxylic acids is 2. The molecule has 0 radical (unpaired) electrons. The molecule has 0 aromatic carbocycles. The molecule has 2 aromatic rings. The molecule has 184 valence electrons. The molecule has 0 aliphatic rings. The average Bonchev–Trinajstić information content (AvgIpc) is 3.38. The van der Waals surface area contributed by atoms with E-state index in [0.717, 1.165) is 14.9 Å². The van der Waals surface area contributed by atoms with Gasteiger partial charge in [-0.05, 0) is 32.9 Å². The van der Waals surface area contributed by atoms with Gasteiger partial charge in [-0.25, -0.2) is 14.6 Å². The minimum atomic E-state index is -2.27. The van der Waals surface area contributed by atoms with E-state index in [2.05, 4.69) is 31.1 Å². The molecule has 0 saturated carbocycles. The number of amides is 1. The first-order valence-electron chi connectivity index (χ1n) is 9.44. The lowest BCUT2D eigenvalue weighted by Crippen LogP contribution is -2.41. The fourth-order valence-electron chi connectivity index (χ4n) is 1.97. The first-order valence-corrected chi connectivity index (χ1v) is 12.1. The monoisotopic (exact) mass is 521 g/mol. The van der Waals surface area contributed by atoms with Crippen LogP contribution in [0.25, 0.3) is 10.6 Å². The molecule has 0 saturated heterocycles. The number of carbonyl (C=O) groups excluding carboxylic acids is 1. The molecular formula is C19H27N3O8S3. The molecule has 1 amide bonds.